The van der Waals surface area contributed by atoms with E-state index < -0.39 is 0 Å². The van der Waals surface area contributed by atoms with Crippen molar-refractivity contribution in [3.8, 4) is 0 Å². The van der Waals surface area contributed by atoms with Crippen molar-refractivity contribution in [2.75, 3.05) is 17.2 Å². The van der Waals surface area contributed by atoms with E-state index >= 15 is 0 Å². The predicted molar refractivity (Wildman–Crippen MR) is 104 cm³/mol. The molecule has 1 aromatic heterocycles. The van der Waals surface area contributed by atoms with Crippen LogP contribution in [0.25, 0.3) is 0 Å². The standard InChI is InChI=1S/C20H18N2O3S/c1-2-25-20(24)14-5-7-15(8-6-14)21-16-9-11-17(12-10-16)22-19(23)18-4-3-13-26-18/h3-13,21H,2H2,1H3,(H,22,23). The van der Waals surface area contributed by atoms with Crippen LogP contribution in [0.2, 0.25) is 0 Å². The van der Waals surface area contributed by atoms with Gasteiger partial charge in [-0.25, -0.2) is 4.79 Å². The van der Waals surface area contributed by atoms with Gasteiger partial charge in [0.05, 0.1) is 17.0 Å². The van der Waals surface area contributed by atoms with Crippen LogP contribution in [0, 0.1) is 0 Å². The summed E-state index contributed by atoms with van der Waals surface area (Å²) in [5.74, 6) is -0.444. The van der Waals surface area contributed by atoms with Crippen LogP contribution in [0.3, 0.4) is 0 Å². The van der Waals surface area contributed by atoms with Crippen LogP contribution in [0.15, 0.2) is 66.0 Å². The average Bonchev–Trinajstić information content (AvgIpc) is 3.19. The van der Waals surface area contributed by atoms with E-state index in [1.807, 2.05) is 47.8 Å². The highest BCUT2D eigenvalue weighted by molar-refractivity contribution is 7.12. The maximum Gasteiger partial charge on any atom is 0.338 e. The van der Waals surface area contributed by atoms with E-state index in [0.717, 1.165) is 17.1 Å². The van der Waals surface area contributed by atoms with Gasteiger partial charge in [0.2, 0.25) is 0 Å². The molecule has 0 atom stereocenters. The highest BCUT2D eigenvalue weighted by Gasteiger charge is 2.07. The van der Waals surface area contributed by atoms with Gasteiger partial charge in [-0.15, -0.1) is 11.3 Å². The monoisotopic (exact) mass is 366 g/mol. The van der Waals surface area contributed by atoms with Crippen molar-refractivity contribution >= 4 is 40.3 Å². The number of hydrogen-bond donors (Lipinski definition) is 2. The minimum Gasteiger partial charge on any atom is -0.462 e. The van der Waals surface area contributed by atoms with Crippen molar-refractivity contribution in [2.24, 2.45) is 0 Å². The summed E-state index contributed by atoms with van der Waals surface area (Å²) in [4.78, 5) is 24.4. The highest BCUT2D eigenvalue weighted by Crippen LogP contribution is 2.20. The average molecular weight is 366 g/mol. The molecule has 0 unspecified atom stereocenters. The first-order valence-electron chi connectivity index (χ1n) is 8.15. The Bertz CT molecular complexity index is 872. The molecule has 0 aliphatic heterocycles. The molecule has 2 N–H and O–H groups in total. The second-order valence-electron chi connectivity index (χ2n) is 5.43. The van der Waals surface area contributed by atoms with Crippen LogP contribution < -0.4 is 10.6 Å². The van der Waals surface area contributed by atoms with E-state index in [9.17, 15) is 9.59 Å². The van der Waals surface area contributed by atoms with Crippen LogP contribution in [0.1, 0.15) is 27.0 Å². The second kappa shape index (κ2) is 8.31. The largest absolute Gasteiger partial charge is 0.462 e. The number of hydrogen-bond acceptors (Lipinski definition) is 5. The molecule has 5 nitrogen and oxygen atoms in total. The van der Waals surface area contributed by atoms with Crippen molar-refractivity contribution in [1.29, 1.82) is 0 Å². The highest BCUT2D eigenvalue weighted by atomic mass is 32.1. The molecule has 0 aliphatic rings. The number of carbonyl (C=O) groups is 2. The Labute approximate surface area is 155 Å². The first kappa shape index (κ1) is 17.7. The van der Waals surface area contributed by atoms with Gasteiger partial charge in [-0.3, -0.25) is 4.79 Å². The van der Waals surface area contributed by atoms with E-state index in [-0.39, 0.29) is 11.9 Å². The lowest BCUT2D eigenvalue weighted by Gasteiger charge is -2.09. The summed E-state index contributed by atoms with van der Waals surface area (Å²) in [6, 6.07) is 18.1. The third kappa shape index (κ3) is 4.49. The minimum atomic E-state index is -0.329. The zero-order valence-electron chi connectivity index (χ0n) is 14.2. The Morgan fingerprint density at radius 3 is 2.12 bits per heavy atom. The molecule has 1 heterocycles. The van der Waals surface area contributed by atoms with Crippen molar-refractivity contribution < 1.29 is 14.3 Å². The quantitative estimate of drug-likeness (QED) is 0.608. The molecule has 1 amide bonds. The minimum absolute atomic E-state index is 0.115. The van der Waals surface area contributed by atoms with Gasteiger partial charge in [-0.2, -0.15) is 0 Å². The van der Waals surface area contributed by atoms with E-state index in [4.69, 9.17) is 4.74 Å². The lowest BCUT2D eigenvalue weighted by molar-refractivity contribution is 0.0526. The van der Waals surface area contributed by atoms with E-state index in [1.165, 1.54) is 11.3 Å². The van der Waals surface area contributed by atoms with Crippen molar-refractivity contribution in [2.45, 2.75) is 6.92 Å². The zero-order chi connectivity index (χ0) is 18.4. The van der Waals surface area contributed by atoms with Crippen molar-refractivity contribution in [3.63, 3.8) is 0 Å². The fourth-order valence-electron chi connectivity index (χ4n) is 2.31. The molecular formula is C20H18N2O3S. The predicted octanol–water partition coefficient (Wildman–Crippen LogP) is 4.92. The zero-order valence-corrected chi connectivity index (χ0v) is 15.0. The normalized spacial score (nSPS) is 10.2. The van der Waals surface area contributed by atoms with Crippen molar-refractivity contribution in [1.82, 2.24) is 0 Å². The van der Waals surface area contributed by atoms with E-state index in [0.29, 0.717) is 17.0 Å². The molecular weight excluding hydrogens is 348 g/mol. The third-order valence-corrected chi connectivity index (χ3v) is 4.44. The topological polar surface area (TPSA) is 67.4 Å². The maximum absolute atomic E-state index is 12.0. The number of benzene rings is 2. The summed E-state index contributed by atoms with van der Waals surface area (Å²) in [6.45, 7) is 2.13. The van der Waals surface area contributed by atoms with E-state index in [1.54, 1.807) is 25.1 Å². The number of ether oxygens (including phenoxy) is 1. The Kier molecular flexibility index (Phi) is 5.66. The van der Waals surface area contributed by atoms with Gasteiger partial charge in [-0.05, 0) is 66.9 Å². The molecule has 0 radical (unpaired) electrons. The van der Waals surface area contributed by atoms with Gasteiger partial charge >= 0.3 is 5.97 Å². The van der Waals surface area contributed by atoms with Gasteiger partial charge < -0.3 is 15.4 Å². The Morgan fingerprint density at radius 2 is 1.54 bits per heavy atom. The first-order valence-corrected chi connectivity index (χ1v) is 9.03. The van der Waals surface area contributed by atoms with Crippen LogP contribution >= 0.6 is 11.3 Å². The lowest BCUT2D eigenvalue weighted by Crippen LogP contribution is -2.09. The van der Waals surface area contributed by atoms with Gasteiger partial charge in [-0.1, -0.05) is 6.07 Å². The molecule has 3 aromatic rings. The summed E-state index contributed by atoms with van der Waals surface area (Å²) in [6.07, 6.45) is 0. The number of anilines is 3. The van der Waals surface area contributed by atoms with Crippen LogP contribution in [0.5, 0.6) is 0 Å². The van der Waals surface area contributed by atoms with Gasteiger partial charge in [0, 0.05) is 17.1 Å². The molecule has 0 saturated heterocycles. The number of carbonyl (C=O) groups excluding carboxylic acids is 2. The molecule has 0 bridgehead atoms. The number of amides is 1. The van der Waals surface area contributed by atoms with E-state index in [2.05, 4.69) is 10.6 Å². The summed E-state index contributed by atoms with van der Waals surface area (Å²) in [5.41, 5.74) is 2.98. The van der Waals surface area contributed by atoms with Gasteiger partial charge in [0.25, 0.3) is 5.91 Å². The molecule has 3 rings (SSSR count). The second-order valence-corrected chi connectivity index (χ2v) is 6.38. The Hall–Kier alpha value is -3.12. The van der Waals surface area contributed by atoms with Gasteiger partial charge in [0.15, 0.2) is 0 Å². The molecule has 0 spiro atoms. The molecule has 0 fully saturated rings. The number of thiophene rings is 1. The Morgan fingerprint density at radius 1 is 0.923 bits per heavy atom. The fourth-order valence-corrected chi connectivity index (χ4v) is 2.93. The van der Waals surface area contributed by atoms with Crippen LogP contribution in [-0.4, -0.2) is 18.5 Å². The maximum atomic E-state index is 12.0. The summed E-state index contributed by atoms with van der Waals surface area (Å²) < 4.78 is 4.96. The van der Waals surface area contributed by atoms with Gasteiger partial charge in [0.1, 0.15) is 0 Å². The number of esters is 1. The SMILES string of the molecule is CCOC(=O)c1ccc(Nc2ccc(NC(=O)c3cccs3)cc2)cc1. The smallest absolute Gasteiger partial charge is 0.338 e. The summed E-state index contributed by atoms with van der Waals surface area (Å²) in [5, 5.41) is 7.98. The lowest BCUT2D eigenvalue weighted by atomic mass is 10.2. The summed E-state index contributed by atoms with van der Waals surface area (Å²) >= 11 is 1.40. The molecule has 132 valence electrons. The third-order valence-electron chi connectivity index (χ3n) is 3.57. The molecule has 0 aliphatic carbocycles. The van der Waals surface area contributed by atoms with Crippen LogP contribution in [-0.2, 0) is 4.74 Å². The van der Waals surface area contributed by atoms with Crippen LogP contribution in [0.4, 0.5) is 17.1 Å². The molecule has 2 aromatic carbocycles. The summed E-state index contributed by atoms with van der Waals surface area (Å²) in [7, 11) is 0. The number of nitrogens with one attached hydrogen (secondary N) is 2. The number of rotatable bonds is 6. The molecule has 26 heavy (non-hydrogen) atoms. The molecule has 0 saturated carbocycles. The molecule has 6 heteroatoms. The van der Waals surface area contributed by atoms with Crippen molar-refractivity contribution in [3.05, 3.63) is 76.5 Å². The fraction of sp³-hybridized carbons (Fsp3) is 0.100. The Balaban J connectivity index is 1.60. The first-order chi connectivity index (χ1) is 12.7.